The normalized spacial score (nSPS) is 16.3. The maximum atomic E-state index is 5.65. The van der Waals surface area contributed by atoms with Crippen LogP contribution < -0.4 is 10.5 Å². The minimum absolute atomic E-state index is 0.414. The van der Waals surface area contributed by atoms with E-state index in [-0.39, 0.29) is 0 Å². The standard InChI is InChI=1S/C21H23N3O2/c1-25-18-9-10-19-16(11-18)3-2-4-17(19)12-20-23-21(24-26-20)15-7-5-14(13-22)6-8-15/h5-11,17H,2-4,12-13,22H2,1H3. The van der Waals surface area contributed by atoms with Crippen molar-refractivity contribution >= 4 is 0 Å². The van der Waals surface area contributed by atoms with E-state index >= 15 is 0 Å². The zero-order chi connectivity index (χ0) is 17.9. The molecule has 0 aliphatic heterocycles. The zero-order valence-electron chi connectivity index (χ0n) is 14.9. The van der Waals surface area contributed by atoms with Gasteiger partial charge in [-0.15, -0.1) is 0 Å². The smallest absolute Gasteiger partial charge is 0.227 e. The summed E-state index contributed by atoms with van der Waals surface area (Å²) in [6.07, 6.45) is 4.19. The Hall–Kier alpha value is -2.66. The number of aromatic nitrogens is 2. The SMILES string of the molecule is COc1ccc2c(c1)CCCC2Cc1nc(-c2ccc(CN)cc2)no1. The molecule has 0 fully saturated rings. The molecule has 0 radical (unpaired) electrons. The average molecular weight is 349 g/mol. The fourth-order valence-electron chi connectivity index (χ4n) is 3.69. The summed E-state index contributed by atoms with van der Waals surface area (Å²) in [6.45, 7) is 0.531. The number of methoxy groups -OCH3 is 1. The van der Waals surface area contributed by atoms with Gasteiger partial charge < -0.3 is 15.0 Å². The second-order valence-corrected chi connectivity index (χ2v) is 6.77. The van der Waals surface area contributed by atoms with Crippen molar-refractivity contribution in [1.82, 2.24) is 10.1 Å². The van der Waals surface area contributed by atoms with Crippen molar-refractivity contribution < 1.29 is 9.26 Å². The molecule has 5 nitrogen and oxygen atoms in total. The Bertz CT molecular complexity index is 887. The van der Waals surface area contributed by atoms with Gasteiger partial charge in [-0.05, 0) is 54.0 Å². The lowest BCUT2D eigenvalue weighted by atomic mass is 9.81. The number of ether oxygens (including phenoxy) is 1. The number of benzene rings is 2. The molecule has 2 aromatic carbocycles. The Balaban J connectivity index is 1.53. The molecule has 0 spiro atoms. The van der Waals surface area contributed by atoms with Crippen LogP contribution in [0.2, 0.25) is 0 Å². The van der Waals surface area contributed by atoms with Gasteiger partial charge in [0.2, 0.25) is 11.7 Å². The minimum atomic E-state index is 0.414. The maximum Gasteiger partial charge on any atom is 0.227 e. The number of nitrogens with zero attached hydrogens (tertiary/aromatic N) is 2. The van der Waals surface area contributed by atoms with Crippen molar-refractivity contribution in [3.8, 4) is 17.1 Å². The summed E-state index contributed by atoms with van der Waals surface area (Å²) in [5.41, 5.74) is 10.4. The van der Waals surface area contributed by atoms with Crippen LogP contribution in [0.25, 0.3) is 11.4 Å². The highest BCUT2D eigenvalue weighted by Crippen LogP contribution is 2.35. The van der Waals surface area contributed by atoms with E-state index in [1.165, 1.54) is 17.5 Å². The van der Waals surface area contributed by atoms with Gasteiger partial charge in [0, 0.05) is 18.5 Å². The van der Waals surface area contributed by atoms with Crippen LogP contribution in [0, 0.1) is 0 Å². The molecule has 0 saturated heterocycles. The predicted octanol–water partition coefficient (Wildman–Crippen LogP) is 3.87. The monoisotopic (exact) mass is 349 g/mol. The Morgan fingerprint density at radius 1 is 1.19 bits per heavy atom. The summed E-state index contributed by atoms with van der Waals surface area (Å²) in [5.74, 6) is 2.66. The van der Waals surface area contributed by atoms with Crippen molar-refractivity contribution in [2.45, 2.75) is 38.1 Å². The summed E-state index contributed by atoms with van der Waals surface area (Å²) in [4.78, 5) is 4.60. The fourth-order valence-corrected chi connectivity index (χ4v) is 3.69. The molecular formula is C21H23N3O2. The molecule has 1 heterocycles. The van der Waals surface area contributed by atoms with Gasteiger partial charge in [0.15, 0.2) is 0 Å². The van der Waals surface area contributed by atoms with E-state index < -0.39 is 0 Å². The van der Waals surface area contributed by atoms with Gasteiger partial charge in [-0.3, -0.25) is 0 Å². The van der Waals surface area contributed by atoms with Gasteiger partial charge in [-0.2, -0.15) is 4.98 Å². The first-order valence-corrected chi connectivity index (χ1v) is 9.05. The largest absolute Gasteiger partial charge is 0.497 e. The topological polar surface area (TPSA) is 74.2 Å². The fraction of sp³-hybridized carbons (Fsp3) is 0.333. The number of hydrogen-bond donors (Lipinski definition) is 1. The third-order valence-electron chi connectivity index (χ3n) is 5.13. The summed E-state index contributed by atoms with van der Waals surface area (Å²) in [6, 6.07) is 14.3. The quantitative estimate of drug-likeness (QED) is 0.757. The van der Waals surface area contributed by atoms with E-state index in [4.69, 9.17) is 15.0 Å². The van der Waals surface area contributed by atoms with Crippen LogP contribution in [-0.2, 0) is 19.4 Å². The molecule has 1 unspecified atom stereocenters. The number of nitrogens with two attached hydrogens (primary N) is 1. The minimum Gasteiger partial charge on any atom is -0.497 e. The van der Waals surface area contributed by atoms with Crippen LogP contribution in [-0.4, -0.2) is 17.3 Å². The predicted molar refractivity (Wildman–Crippen MR) is 100 cm³/mol. The zero-order valence-corrected chi connectivity index (χ0v) is 14.9. The van der Waals surface area contributed by atoms with E-state index in [2.05, 4.69) is 22.3 Å². The molecule has 0 bridgehead atoms. The Morgan fingerprint density at radius 3 is 2.81 bits per heavy atom. The summed E-state index contributed by atoms with van der Waals surface area (Å²) in [5, 5.41) is 4.15. The summed E-state index contributed by atoms with van der Waals surface area (Å²) < 4.78 is 10.9. The van der Waals surface area contributed by atoms with Gasteiger partial charge in [-0.1, -0.05) is 35.5 Å². The third kappa shape index (κ3) is 3.35. The first-order valence-electron chi connectivity index (χ1n) is 9.05. The summed E-state index contributed by atoms with van der Waals surface area (Å²) in [7, 11) is 1.71. The highest BCUT2D eigenvalue weighted by molar-refractivity contribution is 5.54. The van der Waals surface area contributed by atoms with Crippen molar-refractivity contribution in [3.63, 3.8) is 0 Å². The number of aryl methyl sites for hydroxylation is 1. The molecule has 2 N–H and O–H groups in total. The van der Waals surface area contributed by atoms with Crippen molar-refractivity contribution in [2.75, 3.05) is 7.11 Å². The molecule has 0 amide bonds. The first-order chi connectivity index (χ1) is 12.8. The van der Waals surface area contributed by atoms with Crippen molar-refractivity contribution in [3.05, 3.63) is 65.0 Å². The van der Waals surface area contributed by atoms with E-state index in [1.807, 2.05) is 30.3 Å². The molecule has 1 aliphatic carbocycles. The lowest BCUT2D eigenvalue weighted by molar-refractivity contribution is 0.362. The van der Waals surface area contributed by atoms with Gasteiger partial charge in [0.1, 0.15) is 5.75 Å². The van der Waals surface area contributed by atoms with E-state index in [0.717, 1.165) is 36.1 Å². The molecule has 5 heteroatoms. The molecule has 1 aliphatic rings. The van der Waals surface area contributed by atoms with Crippen LogP contribution in [0.15, 0.2) is 47.0 Å². The maximum absolute atomic E-state index is 5.65. The number of fused-ring (bicyclic) bond motifs is 1. The third-order valence-corrected chi connectivity index (χ3v) is 5.13. The molecule has 1 atom stereocenters. The Morgan fingerprint density at radius 2 is 2.04 bits per heavy atom. The van der Waals surface area contributed by atoms with Crippen molar-refractivity contribution in [2.24, 2.45) is 5.73 Å². The Kier molecular flexibility index (Phi) is 4.71. The molecule has 1 aromatic heterocycles. The van der Waals surface area contributed by atoms with Crippen LogP contribution >= 0.6 is 0 Å². The second kappa shape index (κ2) is 7.30. The number of hydrogen-bond acceptors (Lipinski definition) is 5. The second-order valence-electron chi connectivity index (χ2n) is 6.77. The van der Waals surface area contributed by atoms with E-state index in [1.54, 1.807) is 7.11 Å². The molecule has 26 heavy (non-hydrogen) atoms. The lowest BCUT2D eigenvalue weighted by Gasteiger charge is -2.24. The highest BCUT2D eigenvalue weighted by Gasteiger charge is 2.23. The average Bonchev–Trinajstić information content (AvgIpc) is 3.16. The van der Waals surface area contributed by atoms with E-state index in [9.17, 15) is 0 Å². The van der Waals surface area contributed by atoms with Crippen LogP contribution in [0.4, 0.5) is 0 Å². The van der Waals surface area contributed by atoms with Gasteiger partial charge >= 0.3 is 0 Å². The van der Waals surface area contributed by atoms with Crippen molar-refractivity contribution in [1.29, 1.82) is 0 Å². The van der Waals surface area contributed by atoms with Crippen LogP contribution in [0.1, 0.15) is 41.3 Å². The highest BCUT2D eigenvalue weighted by atomic mass is 16.5. The Labute approximate surface area is 153 Å². The molecule has 0 saturated carbocycles. The lowest BCUT2D eigenvalue weighted by Crippen LogP contribution is -2.12. The van der Waals surface area contributed by atoms with Crippen LogP contribution in [0.3, 0.4) is 0 Å². The molecular weight excluding hydrogens is 326 g/mol. The van der Waals surface area contributed by atoms with Crippen LogP contribution in [0.5, 0.6) is 5.75 Å². The molecule has 134 valence electrons. The molecule has 4 rings (SSSR count). The van der Waals surface area contributed by atoms with Gasteiger partial charge in [0.25, 0.3) is 0 Å². The van der Waals surface area contributed by atoms with Gasteiger partial charge in [0.05, 0.1) is 7.11 Å². The van der Waals surface area contributed by atoms with E-state index in [0.29, 0.717) is 24.2 Å². The number of rotatable bonds is 5. The first kappa shape index (κ1) is 16.8. The molecule has 3 aromatic rings. The summed E-state index contributed by atoms with van der Waals surface area (Å²) >= 11 is 0. The van der Waals surface area contributed by atoms with Gasteiger partial charge in [-0.25, -0.2) is 0 Å².